The van der Waals surface area contributed by atoms with Gasteiger partial charge in [0.05, 0.1) is 13.2 Å². The summed E-state index contributed by atoms with van der Waals surface area (Å²) in [5.41, 5.74) is 0.505. The second kappa shape index (κ2) is 12.0. The molecule has 0 aliphatic carbocycles. The van der Waals surface area contributed by atoms with Crippen LogP contribution in [-0.4, -0.2) is 37.3 Å². The number of carbonyl (C=O) groups is 2. The molecular weight excluding hydrogens is 360 g/mol. The van der Waals surface area contributed by atoms with E-state index < -0.39 is 0 Å². The normalized spacial score (nSPS) is 10.3. The molecule has 0 heterocycles. The van der Waals surface area contributed by atoms with Crippen molar-refractivity contribution in [1.29, 1.82) is 0 Å². The van der Waals surface area contributed by atoms with Gasteiger partial charge in [0.25, 0.3) is 5.91 Å². The highest BCUT2D eigenvalue weighted by atomic mass is 32.2. The number of ether oxygens (including phenoxy) is 1. The molecule has 0 aromatic heterocycles. The lowest BCUT2D eigenvalue weighted by atomic mass is 10.2. The molecule has 0 atom stereocenters. The van der Waals surface area contributed by atoms with Gasteiger partial charge in [0.15, 0.2) is 0 Å². The molecule has 0 saturated carbocycles. The maximum atomic E-state index is 12.1. The smallest absolute Gasteiger partial charge is 0.251 e. The summed E-state index contributed by atoms with van der Waals surface area (Å²) < 4.78 is 5.57. The Morgan fingerprint density at radius 2 is 1.74 bits per heavy atom. The van der Waals surface area contributed by atoms with E-state index >= 15 is 0 Å². The maximum absolute atomic E-state index is 12.1. The summed E-state index contributed by atoms with van der Waals surface area (Å²) in [6.07, 6.45) is 2.08. The van der Waals surface area contributed by atoms with E-state index in [0.717, 1.165) is 24.3 Å². The van der Waals surface area contributed by atoms with E-state index in [2.05, 4.69) is 17.6 Å². The zero-order chi connectivity index (χ0) is 19.3. The highest BCUT2D eigenvalue weighted by Gasteiger charge is 2.08. The number of unbranched alkanes of at least 4 members (excludes halogenated alkanes) is 1. The molecular formula is C21H26N2O3S. The Bertz CT molecular complexity index is 705. The molecule has 27 heavy (non-hydrogen) atoms. The summed E-state index contributed by atoms with van der Waals surface area (Å²) in [7, 11) is 0. The van der Waals surface area contributed by atoms with Crippen LogP contribution in [0.15, 0.2) is 59.5 Å². The fourth-order valence-electron chi connectivity index (χ4n) is 2.24. The molecule has 2 amide bonds. The van der Waals surface area contributed by atoms with E-state index in [4.69, 9.17) is 4.74 Å². The summed E-state index contributed by atoms with van der Waals surface area (Å²) >= 11 is 1.68. The molecule has 5 nitrogen and oxygen atoms in total. The number of rotatable bonds is 11. The van der Waals surface area contributed by atoms with E-state index in [-0.39, 0.29) is 18.4 Å². The van der Waals surface area contributed by atoms with Gasteiger partial charge in [-0.05, 0) is 42.8 Å². The number of thioether (sulfide) groups is 1. The topological polar surface area (TPSA) is 67.4 Å². The average Bonchev–Trinajstić information content (AvgIpc) is 2.71. The highest BCUT2D eigenvalue weighted by Crippen LogP contribution is 2.15. The van der Waals surface area contributed by atoms with Gasteiger partial charge in [-0.25, -0.2) is 0 Å². The van der Waals surface area contributed by atoms with E-state index in [1.165, 1.54) is 4.90 Å². The highest BCUT2D eigenvalue weighted by molar-refractivity contribution is 7.99. The van der Waals surface area contributed by atoms with Crippen LogP contribution in [0.25, 0.3) is 0 Å². The third-order valence-electron chi connectivity index (χ3n) is 3.73. The van der Waals surface area contributed by atoms with Crippen molar-refractivity contribution in [3.63, 3.8) is 0 Å². The van der Waals surface area contributed by atoms with Crippen molar-refractivity contribution in [2.45, 2.75) is 24.7 Å². The minimum absolute atomic E-state index is 0.0381. The van der Waals surface area contributed by atoms with E-state index in [1.807, 2.05) is 30.3 Å². The molecule has 2 N–H and O–H groups in total. The zero-order valence-corrected chi connectivity index (χ0v) is 16.4. The van der Waals surface area contributed by atoms with Crippen LogP contribution in [0.5, 0.6) is 5.75 Å². The summed E-state index contributed by atoms with van der Waals surface area (Å²) in [4.78, 5) is 25.1. The van der Waals surface area contributed by atoms with Gasteiger partial charge in [-0.1, -0.05) is 31.5 Å². The zero-order valence-electron chi connectivity index (χ0n) is 15.6. The predicted molar refractivity (Wildman–Crippen MR) is 109 cm³/mol. The van der Waals surface area contributed by atoms with Gasteiger partial charge in [0.1, 0.15) is 5.75 Å². The van der Waals surface area contributed by atoms with Crippen molar-refractivity contribution in [2.75, 3.05) is 25.4 Å². The standard InChI is InChI=1S/C21H26N2O3S/c1-2-3-14-26-18-11-9-17(10-12-18)21(25)23-16-20(24)22-13-15-27-19-7-5-4-6-8-19/h4-12H,2-3,13-16H2,1H3,(H,22,24)(H,23,25). The van der Waals surface area contributed by atoms with Crippen molar-refractivity contribution in [1.82, 2.24) is 10.6 Å². The fraction of sp³-hybridized carbons (Fsp3) is 0.333. The molecule has 0 aliphatic rings. The van der Waals surface area contributed by atoms with Gasteiger partial charge in [-0.3, -0.25) is 9.59 Å². The molecule has 2 aromatic carbocycles. The number of hydrogen-bond acceptors (Lipinski definition) is 4. The molecule has 0 bridgehead atoms. The van der Waals surface area contributed by atoms with Gasteiger partial charge in [0, 0.05) is 22.8 Å². The lowest BCUT2D eigenvalue weighted by Gasteiger charge is -2.08. The van der Waals surface area contributed by atoms with Gasteiger partial charge in [0.2, 0.25) is 5.91 Å². The summed E-state index contributed by atoms with van der Waals surface area (Å²) in [5.74, 6) is 1.05. The van der Waals surface area contributed by atoms with Gasteiger partial charge < -0.3 is 15.4 Å². The number of benzene rings is 2. The predicted octanol–water partition coefficient (Wildman–Crippen LogP) is 3.50. The number of nitrogens with one attached hydrogen (secondary N) is 2. The van der Waals surface area contributed by atoms with Crippen molar-refractivity contribution in [3.8, 4) is 5.75 Å². The quantitative estimate of drug-likeness (QED) is 0.458. The van der Waals surface area contributed by atoms with Crippen molar-refractivity contribution in [2.24, 2.45) is 0 Å². The Morgan fingerprint density at radius 1 is 1.00 bits per heavy atom. The summed E-state index contributed by atoms with van der Waals surface area (Å²) in [6, 6.07) is 17.0. The van der Waals surface area contributed by atoms with Crippen LogP contribution in [0.1, 0.15) is 30.1 Å². The second-order valence-corrected chi connectivity index (χ2v) is 7.09. The van der Waals surface area contributed by atoms with Gasteiger partial charge in [-0.15, -0.1) is 11.8 Å². The summed E-state index contributed by atoms with van der Waals surface area (Å²) in [5, 5.41) is 5.43. The lowest BCUT2D eigenvalue weighted by Crippen LogP contribution is -2.37. The number of amides is 2. The molecule has 2 aromatic rings. The first-order valence-corrected chi connectivity index (χ1v) is 10.1. The van der Waals surface area contributed by atoms with Crippen LogP contribution >= 0.6 is 11.8 Å². The Kier molecular flexibility index (Phi) is 9.27. The van der Waals surface area contributed by atoms with Crippen molar-refractivity contribution < 1.29 is 14.3 Å². The van der Waals surface area contributed by atoms with E-state index in [1.54, 1.807) is 36.0 Å². The first-order chi connectivity index (χ1) is 13.2. The van der Waals surface area contributed by atoms with Crippen molar-refractivity contribution >= 4 is 23.6 Å². The maximum Gasteiger partial charge on any atom is 0.251 e. The lowest BCUT2D eigenvalue weighted by molar-refractivity contribution is -0.120. The Morgan fingerprint density at radius 3 is 2.44 bits per heavy atom. The molecule has 0 unspecified atom stereocenters. The molecule has 0 fully saturated rings. The second-order valence-electron chi connectivity index (χ2n) is 5.92. The van der Waals surface area contributed by atoms with Crippen LogP contribution in [-0.2, 0) is 4.79 Å². The van der Waals surface area contributed by atoms with E-state index in [9.17, 15) is 9.59 Å². The summed E-state index contributed by atoms with van der Waals surface area (Å²) in [6.45, 7) is 3.29. The molecule has 6 heteroatoms. The first-order valence-electron chi connectivity index (χ1n) is 9.14. The van der Waals surface area contributed by atoms with Crippen molar-refractivity contribution in [3.05, 3.63) is 60.2 Å². The third kappa shape index (κ3) is 8.17. The fourth-order valence-corrected chi connectivity index (χ4v) is 3.03. The molecule has 0 radical (unpaired) electrons. The average molecular weight is 387 g/mol. The molecule has 0 spiro atoms. The van der Waals surface area contributed by atoms with Crippen LogP contribution in [0.3, 0.4) is 0 Å². The molecule has 0 aliphatic heterocycles. The largest absolute Gasteiger partial charge is 0.494 e. The van der Waals surface area contributed by atoms with Gasteiger partial charge >= 0.3 is 0 Å². The monoisotopic (exact) mass is 386 g/mol. The SMILES string of the molecule is CCCCOc1ccc(C(=O)NCC(=O)NCCSc2ccccc2)cc1. The molecule has 0 saturated heterocycles. The molecule has 2 rings (SSSR count). The number of hydrogen-bond donors (Lipinski definition) is 2. The van der Waals surface area contributed by atoms with Gasteiger partial charge in [-0.2, -0.15) is 0 Å². The molecule has 144 valence electrons. The Balaban J connectivity index is 1.63. The van der Waals surface area contributed by atoms with Crippen LogP contribution in [0.2, 0.25) is 0 Å². The Hall–Kier alpha value is -2.47. The minimum Gasteiger partial charge on any atom is -0.494 e. The number of carbonyl (C=O) groups excluding carboxylic acids is 2. The van der Waals surface area contributed by atoms with E-state index in [0.29, 0.717) is 18.7 Å². The first kappa shape index (κ1) is 20.8. The van der Waals surface area contributed by atoms with Crippen LogP contribution < -0.4 is 15.4 Å². The Labute approximate surface area is 164 Å². The van der Waals surface area contributed by atoms with Crippen LogP contribution in [0.4, 0.5) is 0 Å². The minimum atomic E-state index is -0.274. The van der Waals surface area contributed by atoms with Crippen LogP contribution in [0, 0.1) is 0 Å². The third-order valence-corrected chi connectivity index (χ3v) is 4.74.